The molecule has 1 N–H and O–H groups in total. The molecule has 0 unspecified atom stereocenters. The third kappa shape index (κ3) is 5.73. The summed E-state index contributed by atoms with van der Waals surface area (Å²) < 4.78 is 5.26. The van der Waals surface area contributed by atoms with Crippen LogP contribution in [0.2, 0.25) is 0 Å². The number of aryl methyl sites for hydroxylation is 1. The van der Waals surface area contributed by atoms with Crippen molar-refractivity contribution in [3.8, 4) is 10.7 Å². The maximum absolute atomic E-state index is 12.5. The highest BCUT2D eigenvalue weighted by Crippen LogP contribution is 2.27. The number of carbonyl (C=O) groups excluding carboxylic acids is 2. The first-order valence-electron chi connectivity index (χ1n) is 9.84. The molecule has 0 saturated heterocycles. The minimum atomic E-state index is -0.553. The van der Waals surface area contributed by atoms with E-state index in [0.29, 0.717) is 27.2 Å². The van der Waals surface area contributed by atoms with Gasteiger partial charge in [0.15, 0.2) is 6.61 Å². The Morgan fingerprint density at radius 1 is 1.10 bits per heavy atom. The molecule has 0 fully saturated rings. The van der Waals surface area contributed by atoms with Crippen LogP contribution in [0.15, 0.2) is 54.7 Å². The van der Waals surface area contributed by atoms with E-state index in [1.54, 1.807) is 13.1 Å². The van der Waals surface area contributed by atoms with Crippen molar-refractivity contribution in [3.05, 3.63) is 70.9 Å². The smallest absolute Gasteiger partial charge is 0.350 e. The van der Waals surface area contributed by atoms with Gasteiger partial charge >= 0.3 is 5.97 Å². The average molecular weight is 424 g/mol. The molecule has 3 rings (SSSR count). The lowest BCUT2D eigenvalue weighted by Crippen LogP contribution is -2.33. The molecule has 1 amide bonds. The summed E-state index contributed by atoms with van der Waals surface area (Å²) >= 11 is 1.21. The number of hydrogen-bond donors (Lipinski definition) is 1. The second-order valence-corrected chi connectivity index (χ2v) is 8.38. The van der Waals surface area contributed by atoms with E-state index in [9.17, 15) is 9.59 Å². The van der Waals surface area contributed by atoms with Gasteiger partial charge in [0.05, 0.1) is 17.4 Å². The molecule has 0 spiro atoms. The van der Waals surface area contributed by atoms with Gasteiger partial charge < -0.3 is 10.1 Å². The number of nitrogens with one attached hydrogen (secondary N) is 1. The van der Waals surface area contributed by atoms with Crippen LogP contribution >= 0.6 is 11.3 Å². The zero-order valence-corrected chi connectivity index (χ0v) is 18.1. The Hall–Kier alpha value is -3.06. The zero-order chi connectivity index (χ0) is 21.5. The van der Waals surface area contributed by atoms with Crippen LogP contribution in [0, 0.1) is 12.8 Å². The molecule has 6 nitrogen and oxygen atoms in total. The first kappa shape index (κ1) is 21.6. The van der Waals surface area contributed by atoms with E-state index >= 15 is 0 Å². The highest BCUT2D eigenvalue weighted by molar-refractivity contribution is 7.17. The molecule has 0 aliphatic heterocycles. The summed E-state index contributed by atoms with van der Waals surface area (Å²) in [4.78, 5) is 34.0. The second kappa shape index (κ2) is 10.1. The third-order valence-corrected chi connectivity index (χ3v) is 5.60. The van der Waals surface area contributed by atoms with E-state index < -0.39 is 5.97 Å². The molecule has 0 saturated carbocycles. The molecule has 0 aliphatic rings. The summed E-state index contributed by atoms with van der Waals surface area (Å²) in [6.07, 6.45) is 2.47. The summed E-state index contributed by atoms with van der Waals surface area (Å²) in [5.74, 6) is -0.477. The lowest BCUT2D eigenvalue weighted by Gasteiger charge is -2.21. The topological polar surface area (TPSA) is 81.2 Å². The first-order chi connectivity index (χ1) is 14.4. The molecular weight excluding hydrogens is 398 g/mol. The van der Waals surface area contributed by atoms with E-state index in [-0.39, 0.29) is 18.6 Å². The number of benzene rings is 1. The molecule has 2 aromatic heterocycles. The number of esters is 1. The van der Waals surface area contributed by atoms with Gasteiger partial charge in [-0.1, -0.05) is 50.2 Å². The van der Waals surface area contributed by atoms with Crippen LogP contribution in [0.25, 0.3) is 10.7 Å². The van der Waals surface area contributed by atoms with Crippen molar-refractivity contribution in [2.24, 2.45) is 5.92 Å². The monoisotopic (exact) mass is 423 g/mol. The number of hydrogen-bond acceptors (Lipinski definition) is 6. The molecule has 30 heavy (non-hydrogen) atoms. The lowest BCUT2D eigenvalue weighted by atomic mass is 9.97. The number of nitrogens with zero attached hydrogens (tertiary/aromatic N) is 2. The van der Waals surface area contributed by atoms with Crippen molar-refractivity contribution in [2.45, 2.75) is 33.2 Å². The average Bonchev–Trinajstić information content (AvgIpc) is 3.14. The number of amides is 1. The minimum absolute atomic E-state index is 0.127. The van der Waals surface area contributed by atoms with E-state index in [0.717, 1.165) is 12.0 Å². The predicted molar refractivity (Wildman–Crippen MR) is 117 cm³/mol. The normalized spacial score (nSPS) is 11.9. The SMILES string of the molecule is Cc1nc(-c2ccccn2)sc1C(=O)OCC(=O)N[C@H](CC(C)C)c1ccccc1. The first-order valence-corrected chi connectivity index (χ1v) is 10.7. The van der Waals surface area contributed by atoms with Gasteiger partial charge in [-0.3, -0.25) is 9.78 Å². The third-order valence-electron chi connectivity index (χ3n) is 4.44. The predicted octanol–water partition coefficient (Wildman–Crippen LogP) is 4.57. The molecule has 1 aromatic carbocycles. The molecule has 0 aliphatic carbocycles. The molecule has 1 atom stereocenters. The van der Waals surface area contributed by atoms with Crippen molar-refractivity contribution in [1.82, 2.24) is 15.3 Å². The van der Waals surface area contributed by atoms with Gasteiger partial charge in [-0.25, -0.2) is 9.78 Å². The highest BCUT2D eigenvalue weighted by Gasteiger charge is 2.21. The fourth-order valence-electron chi connectivity index (χ4n) is 3.05. The maximum atomic E-state index is 12.5. The largest absolute Gasteiger partial charge is 0.451 e. The Balaban J connectivity index is 1.61. The quantitative estimate of drug-likeness (QED) is 0.537. The number of ether oxygens (including phenoxy) is 1. The number of aromatic nitrogens is 2. The number of carbonyl (C=O) groups is 2. The van der Waals surface area contributed by atoms with Gasteiger partial charge in [0.25, 0.3) is 5.91 Å². The van der Waals surface area contributed by atoms with Gasteiger partial charge in [0.1, 0.15) is 9.88 Å². The molecule has 0 radical (unpaired) electrons. The van der Waals surface area contributed by atoms with Crippen molar-refractivity contribution >= 4 is 23.2 Å². The van der Waals surface area contributed by atoms with Crippen molar-refractivity contribution in [3.63, 3.8) is 0 Å². The Morgan fingerprint density at radius 2 is 1.83 bits per heavy atom. The Labute approximate surface area is 180 Å². The van der Waals surface area contributed by atoms with Crippen molar-refractivity contribution < 1.29 is 14.3 Å². The summed E-state index contributed by atoms with van der Waals surface area (Å²) in [6.45, 7) is 5.62. The maximum Gasteiger partial charge on any atom is 0.350 e. The Morgan fingerprint density at radius 3 is 2.50 bits per heavy atom. The van der Waals surface area contributed by atoms with Gasteiger partial charge in [0, 0.05) is 6.20 Å². The zero-order valence-electron chi connectivity index (χ0n) is 17.3. The molecule has 2 heterocycles. The molecular formula is C23H25N3O3S. The van der Waals surface area contributed by atoms with Crippen LogP contribution in [-0.4, -0.2) is 28.5 Å². The summed E-state index contributed by atoms with van der Waals surface area (Å²) in [7, 11) is 0. The van der Waals surface area contributed by atoms with E-state index in [2.05, 4.69) is 29.1 Å². The van der Waals surface area contributed by atoms with Crippen LogP contribution in [0.3, 0.4) is 0 Å². The fourth-order valence-corrected chi connectivity index (χ4v) is 3.99. The Kier molecular flexibility index (Phi) is 7.30. The standard InChI is InChI=1S/C23H25N3O3S/c1-15(2)13-19(17-9-5-4-6-10-17)26-20(27)14-29-23(28)21-16(3)25-22(30-21)18-11-7-8-12-24-18/h4-12,15,19H,13-14H2,1-3H3,(H,26,27)/t19-/m1/s1. The van der Waals surface area contributed by atoms with Crippen LogP contribution in [0.4, 0.5) is 0 Å². The molecule has 0 bridgehead atoms. The summed E-state index contributed by atoms with van der Waals surface area (Å²) in [5, 5.41) is 3.62. The van der Waals surface area contributed by atoms with Crippen LogP contribution < -0.4 is 5.32 Å². The van der Waals surface area contributed by atoms with Crippen LogP contribution in [-0.2, 0) is 9.53 Å². The summed E-state index contributed by atoms with van der Waals surface area (Å²) in [6, 6.07) is 15.2. The second-order valence-electron chi connectivity index (χ2n) is 7.38. The van der Waals surface area contributed by atoms with Gasteiger partial charge in [-0.05, 0) is 37.0 Å². The molecule has 3 aromatic rings. The van der Waals surface area contributed by atoms with Crippen molar-refractivity contribution in [2.75, 3.05) is 6.61 Å². The molecule has 7 heteroatoms. The highest BCUT2D eigenvalue weighted by atomic mass is 32.1. The van der Waals surface area contributed by atoms with E-state index in [1.807, 2.05) is 48.5 Å². The van der Waals surface area contributed by atoms with Gasteiger partial charge in [-0.2, -0.15) is 0 Å². The van der Waals surface area contributed by atoms with E-state index in [4.69, 9.17) is 4.74 Å². The van der Waals surface area contributed by atoms with Gasteiger partial charge in [-0.15, -0.1) is 11.3 Å². The molecule has 156 valence electrons. The minimum Gasteiger partial charge on any atom is -0.451 e. The van der Waals surface area contributed by atoms with Gasteiger partial charge in [0.2, 0.25) is 0 Å². The van der Waals surface area contributed by atoms with Crippen LogP contribution in [0.5, 0.6) is 0 Å². The van der Waals surface area contributed by atoms with Crippen LogP contribution in [0.1, 0.15) is 47.2 Å². The fraction of sp³-hybridized carbons (Fsp3) is 0.304. The summed E-state index contributed by atoms with van der Waals surface area (Å²) in [5.41, 5.74) is 2.29. The lowest BCUT2D eigenvalue weighted by molar-refractivity contribution is -0.125. The number of rotatable bonds is 8. The number of thiazole rings is 1. The van der Waals surface area contributed by atoms with Crippen molar-refractivity contribution in [1.29, 1.82) is 0 Å². The Bertz CT molecular complexity index is 987. The number of pyridine rings is 1. The van der Waals surface area contributed by atoms with E-state index in [1.165, 1.54) is 11.3 Å².